The van der Waals surface area contributed by atoms with E-state index in [1.54, 1.807) is 26.8 Å². The van der Waals surface area contributed by atoms with E-state index >= 15 is 0 Å². The van der Waals surface area contributed by atoms with Crippen LogP contribution in [0.1, 0.15) is 67.2 Å². The first-order valence-corrected chi connectivity index (χ1v) is 9.20. The number of ether oxygens (including phenoxy) is 1. The van der Waals surface area contributed by atoms with E-state index in [0.717, 1.165) is 25.7 Å². The van der Waals surface area contributed by atoms with Crippen LogP contribution in [-0.4, -0.2) is 34.2 Å². The lowest BCUT2D eigenvalue weighted by Crippen LogP contribution is -2.41. The van der Waals surface area contributed by atoms with Crippen LogP contribution >= 0.6 is 0 Å². The molecule has 26 heavy (non-hydrogen) atoms. The molecule has 0 aromatic carbocycles. The molecule has 1 atom stereocenters. The Kier molecular flexibility index (Phi) is 5.54. The standard InChI is InChI=1S/C19H25N3O4/c1-11-10-15(16-12(2)22-26-18(16)20-11)19(24)25-13(3)17(23)21-14-8-6-4-5-7-9-14/h10,13-14H,4-9H2,1-3H3,(H,21,23)/t13-/m0/s1. The average molecular weight is 359 g/mol. The first-order valence-electron chi connectivity index (χ1n) is 9.20. The van der Waals surface area contributed by atoms with Gasteiger partial charge >= 0.3 is 5.97 Å². The number of pyridine rings is 1. The van der Waals surface area contributed by atoms with Crippen molar-refractivity contribution in [1.29, 1.82) is 0 Å². The number of fused-ring (bicyclic) bond motifs is 1. The van der Waals surface area contributed by atoms with Crippen molar-refractivity contribution in [2.75, 3.05) is 0 Å². The minimum absolute atomic E-state index is 0.168. The third-order valence-corrected chi connectivity index (χ3v) is 4.82. The Bertz CT molecular complexity index is 806. The molecule has 0 bridgehead atoms. The summed E-state index contributed by atoms with van der Waals surface area (Å²) < 4.78 is 10.5. The summed E-state index contributed by atoms with van der Waals surface area (Å²) in [5.41, 5.74) is 1.80. The molecule has 7 nitrogen and oxygen atoms in total. The summed E-state index contributed by atoms with van der Waals surface area (Å²) in [5.74, 6) is -0.829. The molecule has 3 rings (SSSR count). The maximum atomic E-state index is 12.6. The summed E-state index contributed by atoms with van der Waals surface area (Å²) in [6, 6.07) is 1.80. The molecule has 7 heteroatoms. The van der Waals surface area contributed by atoms with E-state index in [1.165, 1.54) is 12.8 Å². The number of rotatable bonds is 4. The molecule has 1 fully saturated rings. The third-order valence-electron chi connectivity index (χ3n) is 4.82. The van der Waals surface area contributed by atoms with Crippen LogP contribution in [0.2, 0.25) is 0 Å². The highest BCUT2D eigenvalue weighted by molar-refractivity contribution is 6.04. The summed E-state index contributed by atoms with van der Waals surface area (Å²) in [4.78, 5) is 29.3. The lowest BCUT2D eigenvalue weighted by molar-refractivity contribution is -0.129. The van der Waals surface area contributed by atoms with Gasteiger partial charge in [-0.05, 0) is 39.7 Å². The monoisotopic (exact) mass is 359 g/mol. The van der Waals surface area contributed by atoms with E-state index in [-0.39, 0.29) is 11.9 Å². The van der Waals surface area contributed by atoms with Gasteiger partial charge in [0.1, 0.15) is 0 Å². The minimum atomic E-state index is -0.866. The first-order chi connectivity index (χ1) is 12.5. The van der Waals surface area contributed by atoms with Crippen LogP contribution in [0, 0.1) is 13.8 Å². The summed E-state index contributed by atoms with van der Waals surface area (Å²) in [5, 5.41) is 7.39. The number of carbonyl (C=O) groups is 2. The van der Waals surface area contributed by atoms with Gasteiger partial charge in [0.2, 0.25) is 0 Å². The van der Waals surface area contributed by atoms with Crippen molar-refractivity contribution in [1.82, 2.24) is 15.5 Å². The van der Waals surface area contributed by atoms with E-state index in [1.807, 2.05) is 0 Å². The molecule has 0 unspecified atom stereocenters. The number of amides is 1. The van der Waals surface area contributed by atoms with Crippen molar-refractivity contribution in [2.24, 2.45) is 0 Å². The van der Waals surface area contributed by atoms with Crippen LogP contribution in [0.15, 0.2) is 10.6 Å². The van der Waals surface area contributed by atoms with Crippen molar-refractivity contribution in [3.63, 3.8) is 0 Å². The highest BCUT2D eigenvalue weighted by Crippen LogP contribution is 2.23. The average Bonchev–Trinajstić information content (AvgIpc) is 2.81. The number of hydrogen-bond donors (Lipinski definition) is 1. The zero-order chi connectivity index (χ0) is 18.7. The van der Waals surface area contributed by atoms with Gasteiger partial charge in [0.25, 0.3) is 11.6 Å². The predicted octanol–water partition coefficient (Wildman–Crippen LogP) is 3.22. The molecule has 1 N–H and O–H groups in total. The molecule has 2 aromatic rings. The van der Waals surface area contributed by atoms with E-state index in [0.29, 0.717) is 28.1 Å². The highest BCUT2D eigenvalue weighted by Gasteiger charge is 2.25. The van der Waals surface area contributed by atoms with Crippen molar-refractivity contribution < 1.29 is 18.8 Å². The molecule has 1 amide bonds. The Morgan fingerprint density at radius 3 is 2.62 bits per heavy atom. The number of nitrogens with one attached hydrogen (secondary N) is 1. The molecule has 0 radical (unpaired) electrons. The van der Waals surface area contributed by atoms with Crippen molar-refractivity contribution in [3.8, 4) is 0 Å². The van der Waals surface area contributed by atoms with Crippen LogP contribution in [0.3, 0.4) is 0 Å². The molecule has 0 spiro atoms. The van der Waals surface area contributed by atoms with Gasteiger partial charge in [0.05, 0.1) is 16.6 Å². The number of esters is 1. The quantitative estimate of drug-likeness (QED) is 0.665. The number of aryl methyl sites for hydroxylation is 2. The topological polar surface area (TPSA) is 94.3 Å². The van der Waals surface area contributed by atoms with Crippen LogP contribution < -0.4 is 5.32 Å². The molecule has 0 saturated heterocycles. The van der Waals surface area contributed by atoms with Gasteiger partial charge in [-0.3, -0.25) is 4.79 Å². The predicted molar refractivity (Wildman–Crippen MR) is 95.8 cm³/mol. The first kappa shape index (κ1) is 18.4. The largest absolute Gasteiger partial charge is 0.449 e. The Morgan fingerprint density at radius 1 is 1.23 bits per heavy atom. The normalized spacial score (nSPS) is 16.9. The van der Waals surface area contributed by atoms with Crippen LogP contribution in [0.4, 0.5) is 0 Å². The fourth-order valence-corrected chi connectivity index (χ4v) is 3.40. The zero-order valence-corrected chi connectivity index (χ0v) is 15.5. The van der Waals surface area contributed by atoms with Gasteiger partial charge in [-0.2, -0.15) is 0 Å². The van der Waals surface area contributed by atoms with Gasteiger partial charge in [-0.1, -0.05) is 30.8 Å². The van der Waals surface area contributed by atoms with Gasteiger partial charge in [0, 0.05) is 11.7 Å². The Hall–Kier alpha value is -2.44. The minimum Gasteiger partial charge on any atom is -0.449 e. The van der Waals surface area contributed by atoms with E-state index in [2.05, 4.69) is 15.5 Å². The number of carbonyl (C=O) groups excluding carboxylic acids is 2. The second-order valence-electron chi connectivity index (χ2n) is 7.00. The van der Waals surface area contributed by atoms with Crippen molar-refractivity contribution >= 4 is 23.0 Å². The SMILES string of the molecule is Cc1cc(C(=O)O[C@@H](C)C(=O)NC2CCCCCC2)c2c(C)noc2n1. The molecule has 140 valence electrons. The molecular weight excluding hydrogens is 334 g/mol. The Labute approximate surface area is 152 Å². The van der Waals surface area contributed by atoms with E-state index in [9.17, 15) is 9.59 Å². The Balaban J connectivity index is 1.69. The fourth-order valence-electron chi connectivity index (χ4n) is 3.40. The summed E-state index contributed by atoms with van der Waals surface area (Å²) in [6.07, 6.45) is 5.78. The Morgan fingerprint density at radius 2 is 1.92 bits per heavy atom. The molecule has 1 aliphatic carbocycles. The lowest BCUT2D eigenvalue weighted by Gasteiger charge is -2.19. The molecule has 1 saturated carbocycles. The van der Waals surface area contributed by atoms with E-state index in [4.69, 9.17) is 9.26 Å². The number of hydrogen-bond acceptors (Lipinski definition) is 6. The zero-order valence-electron chi connectivity index (χ0n) is 15.5. The van der Waals surface area contributed by atoms with Crippen molar-refractivity contribution in [3.05, 3.63) is 23.0 Å². The van der Waals surface area contributed by atoms with Gasteiger partial charge in [-0.25, -0.2) is 9.78 Å². The van der Waals surface area contributed by atoms with Crippen LogP contribution in [-0.2, 0) is 9.53 Å². The maximum absolute atomic E-state index is 12.6. The molecule has 1 aliphatic rings. The van der Waals surface area contributed by atoms with Crippen LogP contribution in [0.5, 0.6) is 0 Å². The summed E-state index contributed by atoms with van der Waals surface area (Å²) in [6.45, 7) is 5.09. The lowest BCUT2D eigenvalue weighted by atomic mass is 10.1. The summed E-state index contributed by atoms with van der Waals surface area (Å²) >= 11 is 0. The third kappa shape index (κ3) is 4.03. The van der Waals surface area contributed by atoms with Crippen LogP contribution in [0.25, 0.3) is 11.1 Å². The number of nitrogens with zero attached hydrogens (tertiary/aromatic N) is 2. The molecule has 2 aromatic heterocycles. The van der Waals surface area contributed by atoms with Gasteiger partial charge in [0.15, 0.2) is 6.10 Å². The maximum Gasteiger partial charge on any atom is 0.339 e. The van der Waals surface area contributed by atoms with E-state index < -0.39 is 12.1 Å². The van der Waals surface area contributed by atoms with Gasteiger partial charge < -0.3 is 14.6 Å². The molecule has 0 aliphatic heterocycles. The second-order valence-corrected chi connectivity index (χ2v) is 7.00. The highest BCUT2D eigenvalue weighted by atomic mass is 16.5. The molecular formula is C19H25N3O4. The van der Waals surface area contributed by atoms with Gasteiger partial charge in [-0.15, -0.1) is 0 Å². The smallest absolute Gasteiger partial charge is 0.339 e. The summed E-state index contributed by atoms with van der Waals surface area (Å²) in [7, 11) is 0. The fraction of sp³-hybridized carbons (Fsp3) is 0.579. The van der Waals surface area contributed by atoms with Crippen molar-refractivity contribution in [2.45, 2.75) is 71.4 Å². The molecule has 2 heterocycles. The number of aromatic nitrogens is 2. The second kappa shape index (κ2) is 7.85.